The average molecular weight is 308 g/mol. The Morgan fingerprint density at radius 2 is 1.83 bits per heavy atom. The molecule has 23 heavy (non-hydrogen) atoms. The number of hydrogen-bond donors (Lipinski definition) is 1. The van der Waals surface area contributed by atoms with Crippen LogP contribution in [0, 0.1) is 0 Å². The van der Waals surface area contributed by atoms with Crippen LogP contribution in [0.5, 0.6) is 11.5 Å². The first kappa shape index (κ1) is 14.8. The Balaban J connectivity index is 1.99. The number of aliphatic imine (C=N–C) groups is 1. The number of carbonyl (C=O) groups is 1. The van der Waals surface area contributed by atoms with Crippen LogP contribution in [0.1, 0.15) is 11.1 Å². The van der Waals surface area contributed by atoms with E-state index in [0.29, 0.717) is 23.0 Å². The van der Waals surface area contributed by atoms with E-state index in [1.165, 1.54) is 0 Å². The van der Waals surface area contributed by atoms with Gasteiger partial charge < -0.3 is 14.8 Å². The van der Waals surface area contributed by atoms with Crippen LogP contribution in [-0.2, 0) is 4.79 Å². The zero-order valence-electron chi connectivity index (χ0n) is 12.9. The standard InChI is InChI=1S/C18H16N2O3/c1-22-14-8-9-16(23-2)13(10-14)11-15-18(21)20-17(19-15)12-6-4-3-5-7-12/h3-11H,1-2H3,(H,19,20,21)/b15-11-. The van der Waals surface area contributed by atoms with Crippen LogP contribution >= 0.6 is 0 Å². The Hall–Kier alpha value is -3.08. The second kappa shape index (κ2) is 6.36. The lowest BCUT2D eigenvalue weighted by molar-refractivity contribution is -0.115. The van der Waals surface area contributed by atoms with Crippen molar-refractivity contribution in [3.05, 3.63) is 65.4 Å². The first-order chi connectivity index (χ1) is 11.2. The molecule has 0 radical (unpaired) electrons. The maximum Gasteiger partial charge on any atom is 0.275 e. The van der Waals surface area contributed by atoms with Gasteiger partial charge in [-0.3, -0.25) is 4.79 Å². The first-order valence-electron chi connectivity index (χ1n) is 7.10. The lowest BCUT2D eigenvalue weighted by atomic mass is 10.1. The van der Waals surface area contributed by atoms with E-state index >= 15 is 0 Å². The third-order valence-corrected chi connectivity index (χ3v) is 3.47. The normalized spacial score (nSPS) is 15.3. The van der Waals surface area contributed by atoms with E-state index in [9.17, 15) is 4.79 Å². The molecule has 1 aliphatic heterocycles. The van der Waals surface area contributed by atoms with Gasteiger partial charge in [-0.15, -0.1) is 0 Å². The molecule has 0 saturated carbocycles. The van der Waals surface area contributed by atoms with Gasteiger partial charge in [0.2, 0.25) is 0 Å². The third-order valence-electron chi connectivity index (χ3n) is 3.47. The summed E-state index contributed by atoms with van der Waals surface area (Å²) >= 11 is 0. The van der Waals surface area contributed by atoms with Crippen molar-refractivity contribution in [1.82, 2.24) is 5.32 Å². The molecule has 0 unspecified atom stereocenters. The number of benzene rings is 2. The molecule has 5 nitrogen and oxygen atoms in total. The van der Waals surface area contributed by atoms with Crippen molar-refractivity contribution in [3.63, 3.8) is 0 Å². The highest BCUT2D eigenvalue weighted by molar-refractivity contribution is 6.19. The van der Waals surface area contributed by atoms with Crippen LogP contribution in [0.2, 0.25) is 0 Å². The van der Waals surface area contributed by atoms with Crippen LogP contribution in [0.25, 0.3) is 6.08 Å². The Bertz CT molecular complexity index is 795. The van der Waals surface area contributed by atoms with E-state index in [1.807, 2.05) is 30.3 Å². The molecule has 0 fully saturated rings. The van der Waals surface area contributed by atoms with Crippen LogP contribution in [0.4, 0.5) is 0 Å². The molecule has 1 N–H and O–H groups in total. The molecular weight excluding hydrogens is 292 g/mol. The lowest BCUT2D eigenvalue weighted by Crippen LogP contribution is -2.24. The van der Waals surface area contributed by atoms with Gasteiger partial charge in [-0.25, -0.2) is 4.99 Å². The van der Waals surface area contributed by atoms with Crippen molar-refractivity contribution < 1.29 is 14.3 Å². The second-order valence-electron chi connectivity index (χ2n) is 4.92. The third kappa shape index (κ3) is 3.08. The molecule has 3 rings (SSSR count). The molecule has 2 aromatic carbocycles. The Morgan fingerprint density at radius 1 is 1.04 bits per heavy atom. The van der Waals surface area contributed by atoms with Gasteiger partial charge >= 0.3 is 0 Å². The van der Waals surface area contributed by atoms with E-state index in [0.717, 1.165) is 11.1 Å². The summed E-state index contributed by atoms with van der Waals surface area (Å²) in [6.45, 7) is 0. The summed E-state index contributed by atoms with van der Waals surface area (Å²) in [6, 6.07) is 14.9. The summed E-state index contributed by atoms with van der Waals surface area (Å²) in [4.78, 5) is 16.5. The molecule has 0 spiro atoms. The molecule has 0 saturated heterocycles. The molecule has 1 aliphatic rings. The van der Waals surface area contributed by atoms with Crippen molar-refractivity contribution in [2.24, 2.45) is 4.99 Å². The number of nitrogens with one attached hydrogen (secondary N) is 1. The summed E-state index contributed by atoms with van der Waals surface area (Å²) in [5.41, 5.74) is 1.92. The zero-order chi connectivity index (χ0) is 16.2. The summed E-state index contributed by atoms with van der Waals surface area (Å²) in [7, 11) is 3.17. The Kier molecular flexibility index (Phi) is 4.10. The number of amidine groups is 1. The van der Waals surface area contributed by atoms with Gasteiger partial charge in [0, 0.05) is 11.1 Å². The van der Waals surface area contributed by atoms with Crippen molar-refractivity contribution in [2.75, 3.05) is 14.2 Å². The summed E-state index contributed by atoms with van der Waals surface area (Å²) in [5, 5.41) is 2.78. The highest BCUT2D eigenvalue weighted by Crippen LogP contribution is 2.27. The maximum atomic E-state index is 12.2. The highest BCUT2D eigenvalue weighted by atomic mass is 16.5. The predicted molar refractivity (Wildman–Crippen MR) is 88.6 cm³/mol. The van der Waals surface area contributed by atoms with Gasteiger partial charge in [-0.2, -0.15) is 0 Å². The van der Waals surface area contributed by atoms with Gasteiger partial charge in [0.25, 0.3) is 5.91 Å². The SMILES string of the molecule is COc1ccc(OC)c(/C=C2\N=C(c3ccccc3)NC2=O)c1. The van der Waals surface area contributed by atoms with E-state index in [-0.39, 0.29) is 5.91 Å². The van der Waals surface area contributed by atoms with Crippen LogP contribution in [-0.4, -0.2) is 26.0 Å². The van der Waals surface area contributed by atoms with Crippen molar-refractivity contribution in [2.45, 2.75) is 0 Å². The van der Waals surface area contributed by atoms with E-state index in [4.69, 9.17) is 9.47 Å². The van der Waals surface area contributed by atoms with Gasteiger partial charge in [0.05, 0.1) is 14.2 Å². The number of hydrogen-bond acceptors (Lipinski definition) is 4. The van der Waals surface area contributed by atoms with Crippen molar-refractivity contribution in [1.29, 1.82) is 0 Å². The van der Waals surface area contributed by atoms with E-state index in [1.54, 1.807) is 38.5 Å². The molecular formula is C18H16N2O3. The Morgan fingerprint density at radius 3 is 2.52 bits per heavy atom. The molecule has 5 heteroatoms. The molecule has 0 aromatic heterocycles. The molecule has 1 amide bonds. The zero-order valence-corrected chi connectivity index (χ0v) is 12.9. The fourth-order valence-corrected chi connectivity index (χ4v) is 2.30. The molecule has 2 aromatic rings. The van der Waals surface area contributed by atoms with Crippen molar-refractivity contribution in [3.8, 4) is 11.5 Å². The molecule has 0 bridgehead atoms. The van der Waals surface area contributed by atoms with Crippen LogP contribution in [0.15, 0.2) is 59.2 Å². The number of nitrogens with zero attached hydrogens (tertiary/aromatic N) is 1. The van der Waals surface area contributed by atoms with Gasteiger partial charge in [0.1, 0.15) is 23.0 Å². The minimum atomic E-state index is -0.242. The summed E-state index contributed by atoms with van der Waals surface area (Å²) in [5.74, 6) is 1.63. The first-order valence-corrected chi connectivity index (χ1v) is 7.10. The largest absolute Gasteiger partial charge is 0.497 e. The second-order valence-corrected chi connectivity index (χ2v) is 4.92. The molecule has 116 valence electrons. The van der Waals surface area contributed by atoms with Gasteiger partial charge in [-0.1, -0.05) is 30.3 Å². The number of ether oxygens (including phenoxy) is 2. The van der Waals surface area contributed by atoms with Gasteiger partial charge in [0.15, 0.2) is 0 Å². The number of methoxy groups -OCH3 is 2. The molecule has 0 atom stereocenters. The van der Waals surface area contributed by atoms with Gasteiger partial charge in [-0.05, 0) is 24.3 Å². The number of amides is 1. The fraction of sp³-hybridized carbons (Fsp3) is 0.111. The summed E-state index contributed by atoms with van der Waals surface area (Å²) < 4.78 is 10.5. The van der Waals surface area contributed by atoms with E-state index < -0.39 is 0 Å². The topological polar surface area (TPSA) is 59.9 Å². The fourth-order valence-electron chi connectivity index (χ4n) is 2.30. The maximum absolute atomic E-state index is 12.2. The average Bonchev–Trinajstić information content (AvgIpc) is 2.96. The van der Waals surface area contributed by atoms with Crippen molar-refractivity contribution >= 4 is 17.8 Å². The minimum Gasteiger partial charge on any atom is -0.497 e. The summed E-state index contributed by atoms with van der Waals surface area (Å²) in [6.07, 6.45) is 1.69. The minimum absolute atomic E-state index is 0.242. The smallest absolute Gasteiger partial charge is 0.275 e. The highest BCUT2D eigenvalue weighted by Gasteiger charge is 2.21. The quantitative estimate of drug-likeness (QED) is 0.883. The monoisotopic (exact) mass is 308 g/mol. The van der Waals surface area contributed by atoms with E-state index in [2.05, 4.69) is 10.3 Å². The Labute approximate surface area is 134 Å². The predicted octanol–water partition coefficient (Wildman–Crippen LogP) is 2.62. The van der Waals surface area contributed by atoms with Crippen LogP contribution in [0.3, 0.4) is 0 Å². The van der Waals surface area contributed by atoms with Crippen LogP contribution < -0.4 is 14.8 Å². The number of carbonyl (C=O) groups excluding carboxylic acids is 1. The molecule has 0 aliphatic carbocycles. The number of rotatable bonds is 4. The lowest BCUT2D eigenvalue weighted by Gasteiger charge is -2.07. The molecule has 1 heterocycles.